The molecule has 0 aliphatic carbocycles. The first-order chi connectivity index (χ1) is 12.0. The van der Waals surface area contributed by atoms with E-state index in [1.54, 1.807) is 7.11 Å². The van der Waals surface area contributed by atoms with Crippen LogP contribution in [-0.4, -0.2) is 43.0 Å². The number of likely N-dealkylation sites (tertiary alicyclic amines) is 1. The maximum atomic E-state index is 12.7. The lowest BCUT2D eigenvalue weighted by Gasteiger charge is -2.29. The Labute approximate surface area is 161 Å². The molecule has 0 spiro atoms. The number of nitrogens with two attached hydrogens (primary N) is 1. The predicted molar refractivity (Wildman–Crippen MR) is 104 cm³/mol. The molecule has 1 heterocycles. The summed E-state index contributed by atoms with van der Waals surface area (Å²) in [6.07, 6.45) is 2.16. The Morgan fingerprint density at radius 3 is 2.58 bits per heavy atom. The van der Waals surface area contributed by atoms with Crippen molar-refractivity contribution in [2.75, 3.05) is 20.2 Å². The highest BCUT2D eigenvalue weighted by Crippen LogP contribution is 2.39. The smallest absolute Gasteiger partial charge is 0.226 e. The molecule has 1 aliphatic rings. The van der Waals surface area contributed by atoms with Gasteiger partial charge < -0.3 is 20.7 Å². The summed E-state index contributed by atoms with van der Waals surface area (Å²) in [5.74, 6) is 0.290. The van der Waals surface area contributed by atoms with Gasteiger partial charge in [0.15, 0.2) is 0 Å². The van der Waals surface area contributed by atoms with Gasteiger partial charge in [-0.3, -0.25) is 9.59 Å². The molecule has 1 fully saturated rings. The van der Waals surface area contributed by atoms with Crippen molar-refractivity contribution in [2.24, 2.45) is 11.7 Å². The predicted octanol–water partition coefficient (Wildman–Crippen LogP) is 2.27. The summed E-state index contributed by atoms with van der Waals surface area (Å²) in [6, 6.07) is 7.27. The van der Waals surface area contributed by atoms with E-state index in [1.807, 2.05) is 36.1 Å². The number of amides is 2. The highest BCUT2D eigenvalue weighted by Gasteiger charge is 2.44. The Morgan fingerprint density at radius 1 is 1.38 bits per heavy atom. The first-order valence-electron chi connectivity index (χ1n) is 8.95. The molecule has 1 aromatic rings. The molecule has 1 aromatic carbocycles. The summed E-state index contributed by atoms with van der Waals surface area (Å²) >= 11 is 0. The molecular weight excluding hydrogens is 354 g/mol. The molecule has 2 amide bonds. The number of halogens is 1. The highest BCUT2D eigenvalue weighted by molar-refractivity contribution is 5.90. The average Bonchev–Trinajstić information content (AvgIpc) is 2.96. The van der Waals surface area contributed by atoms with Crippen LogP contribution in [-0.2, 0) is 9.59 Å². The van der Waals surface area contributed by atoms with E-state index in [-0.39, 0.29) is 42.7 Å². The van der Waals surface area contributed by atoms with Crippen LogP contribution in [0, 0.1) is 5.92 Å². The lowest BCUT2D eigenvalue weighted by atomic mass is 9.92. The Morgan fingerprint density at radius 2 is 2.04 bits per heavy atom. The van der Waals surface area contributed by atoms with Gasteiger partial charge in [-0.2, -0.15) is 0 Å². The Bertz CT molecular complexity index is 594. The summed E-state index contributed by atoms with van der Waals surface area (Å²) in [4.78, 5) is 27.1. The number of unbranched alkanes of at least 4 members (excludes halogenated alkanes) is 1. The van der Waals surface area contributed by atoms with Crippen LogP contribution < -0.4 is 15.8 Å². The zero-order chi connectivity index (χ0) is 18.4. The zero-order valence-electron chi connectivity index (χ0n) is 15.7. The third-order valence-electron chi connectivity index (χ3n) is 4.72. The van der Waals surface area contributed by atoms with Crippen molar-refractivity contribution in [3.63, 3.8) is 0 Å². The molecule has 3 N–H and O–H groups in total. The number of rotatable bonds is 8. The highest BCUT2D eigenvalue weighted by atomic mass is 35.5. The van der Waals surface area contributed by atoms with Gasteiger partial charge in [-0.05, 0) is 31.0 Å². The van der Waals surface area contributed by atoms with Crippen molar-refractivity contribution in [2.45, 2.75) is 45.2 Å². The molecule has 0 radical (unpaired) electrons. The van der Waals surface area contributed by atoms with Crippen LogP contribution in [0.2, 0.25) is 0 Å². The van der Waals surface area contributed by atoms with Crippen LogP contribution in [0.4, 0.5) is 0 Å². The molecule has 3 atom stereocenters. The largest absolute Gasteiger partial charge is 0.497 e. The van der Waals surface area contributed by atoms with Crippen LogP contribution >= 0.6 is 12.4 Å². The Hall–Kier alpha value is -1.79. The van der Waals surface area contributed by atoms with Crippen LogP contribution in [0.1, 0.15) is 44.7 Å². The molecule has 26 heavy (non-hydrogen) atoms. The summed E-state index contributed by atoms with van der Waals surface area (Å²) < 4.78 is 5.21. The summed E-state index contributed by atoms with van der Waals surface area (Å²) in [5, 5.41) is 2.92. The van der Waals surface area contributed by atoms with Gasteiger partial charge in [0, 0.05) is 25.6 Å². The maximum absolute atomic E-state index is 12.7. The zero-order valence-corrected chi connectivity index (χ0v) is 16.6. The first-order valence-corrected chi connectivity index (χ1v) is 8.95. The van der Waals surface area contributed by atoms with Gasteiger partial charge in [0.2, 0.25) is 11.8 Å². The van der Waals surface area contributed by atoms with E-state index in [0.29, 0.717) is 13.1 Å². The van der Waals surface area contributed by atoms with Crippen molar-refractivity contribution < 1.29 is 14.3 Å². The molecule has 1 saturated heterocycles. The summed E-state index contributed by atoms with van der Waals surface area (Å²) in [7, 11) is 1.62. The van der Waals surface area contributed by atoms with Crippen LogP contribution in [0.5, 0.6) is 5.75 Å². The minimum absolute atomic E-state index is 0. The molecular formula is C19H30ClN3O3. The molecule has 146 valence electrons. The van der Waals surface area contributed by atoms with Gasteiger partial charge in [-0.25, -0.2) is 0 Å². The van der Waals surface area contributed by atoms with E-state index >= 15 is 0 Å². The van der Waals surface area contributed by atoms with Crippen LogP contribution in [0.25, 0.3) is 0 Å². The normalized spacial score (nSPS) is 20.5. The van der Waals surface area contributed by atoms with Gasteiger partial charge >= 0.3 is 0 Å². The number of carbonyl (C=O) groups excluding carboxylic acids is 2. The lowest BCUT2D eigenvalue weighted by molar-refractivity contribution is -0.129. The van der Waals surface area contributed by atoms with E-state index < -0.39 is 5.92 Å². The van der Waals surface area contributed by atoms with E-state index in [9.17, 15) is 9.59 Å². The summed E-state index contributed by atoms with van der Waals surface area (Å²) in [5.41, 5.74) is 6.57. The van der Waals surface area contributed by atoms with Crippen LogP contribution in [0.15, 0.2) is 24.3 Å². The van der Waals surface area contributed by atoms with E-state index in [1.165, 1.54) is 0 Å². The van der Waals surface area contributed by atoms with Crippen molar-refractivity contribution in [1.29, 1.82) is 0 Å². The second-order valence-corrected chi connectivity index (χ2v) is 6.61. The van der Waals surface area contributed by atoms with Crippen LogP contribution in [0.3, 0.4) is 0 Å². The maximum Gasteiger partial charge on any atom is 0.226 e. The molecule has 2 rings (SSSR count). The molecule has 0 bridgehead atoms. The topological polar surface area (TPSA) is 84.7 Å². The number of methoxy groups -OCH3 is 1. The van der Waals surface area contributed by atoms with Gasteiger partial charge in [0.05, 0.1) is 19.1 Å². The minimum atomic E-state index is -0.397. The number of nitrogens with one attached hydrogen (secondary N) is 1. The molecule has 2 unspecified atom stereocenters. The van der Waals surface area contributed by atoms with Gasteiger partial charge in [-0.15, -0.1) is 12.4 Å². The average molecular weight is 384 g/mol. The molecule has 6 nitrogen and oxygen atoms in total. The Balaban J connectivity index is 0.00000338. The summed E-state index contributed by atoms with van der Waals surface area (Å²) in [6.45, 7) is 5.00. The van der Waals surface area contributed by atoms with Gasteiger partial charge in [-0.1, -0.05) is 25.5 Å². The standard InChI is InChI=1S/C19H29N3O3.ClH/c1-4-5-10-22-17(23)11-16(19(24)21-13(2)12-20)18(22)14-6-8-15(25-3)9-7-14;/h6-9,13,16,18H,4-5,10-12,20H2,1-3H3,(H,21,24);1H/t13-,16?,18?;/m0./s1. The Kier molecular flexibility index (Phi) is 8.88. The quantitative estimate of drug-likeness (QED) is 0.721. The third-order valence-corrected chi connectivity index (χ3v) is 4.72. The third kappa shape index (κ3) is 5.11. The van der Waals surface area contributed by atoms with Crippen molar-refractivity contribution in [3.8, 4) is 5.75 Å². The number of nitrogens with zero attached hydrogens (tertiary/aromatic N) is 1. The SMILES string of the molecule is CCCCN1C(=O)CC(C(=O)N[C@@H](C)CN)C1c1ccc(OC)cc1.Cl. The fraction of sp³-hybridized carbons (Fsp3) is 0.579. The number of ether oxygens (including phenoxy) is 1. The van der Waals surface area contributed by atoms with Crippen molar-refractivity contribution >= 4 is 24.2 Å². The van der Waals surface area contributed by atoms with Gasteiger partial charge in [0.25, 0.3) is 0 Å². The van der Waals surface area contributed by atoms with E-state index in [0.717, 1.165) is 24.2 Å². The monoisotopic (exact) mass is 383 g/mol. The molecule has 0 saturated carbocycles. The van der Waals surface area contributed by atoms with Crippen molar-refractivity contribution in [1.82, 2.24) is 10.2 Å². The second-order valence-electron chi connectivity index (χ2n) is 6.61. The fourth-order valence-electron chi connectivity index (χ4n) is 3.24. The first kappa shape index (κ1) is 22.3. The fourth-order valence-corrected chi connectivity index (χ4v) is 3.24. The number of benzene rings is 1. The molecule has 1 aliphatic heterocycles. The second kappa shape index (κ2) is 10.4. The number of carbonyl (C=O) groups is 2. The molecule has 7 heteroatoms. The van der Waals surface area contributed by atoms with Gasteiger partial charge in [0.1, 0.15) is 5.75 Å². The van der Waals surface area contributed by atoms with Crippen molar-refractivity contribution in [3.05, 3.63) is 29.8 Å². The number of hydrogen-bond donors (Lipinski definition) is 2. The minimum Gasteiger partial charge on any atom is -0.497 e. The van der Waals surface area contributed by atoms with E-state index in [2.05, 4.69) is 12.2 Å². The number of hydrogen-bond acceptors (Lipinski definition) is 4. The lowest BCUT2D eigenvalue weighted by Crippen LogP contribution is -2.42. The molecule has 0 aromatic heterocycles. The van der Waals surface area contributed by atoms with E-state index in [4.69, 9.17) is 10.5 Å².